The van der Waals surface area contributed by atoms with Crippen molar-refractivity contribution in [3.63, 3.8) is 0 Å². The van der Waals surface area contributed by atoms with Crippen LogP contribution in [0.4, 0.5) is 0 Å². The first-order valence-corrected chi connectivity index (χ1v) is 12.5. The Hall–Kier alpha value is -2.27. The summed E-state index contributed by atoms with van der Waals surface area (Å²) < 4.78 is 38.0. The molecule has 1 N–H and O–H groups in total. The number of likely N-dealkylation sites (tertiary alicyclic amines) is 1. The fourth-order valence-electron chi connectivity index (χ4n) is 3.37. The maximum absolute atomic E-state index is 11.3. The van der Waals surface area contributed by atoms with Gasteiger partial charge in [0.1, 0.15) is 18.1 Å². The molecular formula is C20H24N4O4S2. The minimum absolute atomic E-state index is 0.0379. The van der Waals surface area contributed by atoms with Crippen LogP contribution in [0.3, 0.4) is 0 Å². The summed E-state index contributed by atoms with van der Waals surface area (Å²) in [5.41, 5.74) is 0.689. The summed E-state index contributed by atoms with van der Waals surface area (Å²) >= 11 is 1.46. The number of piperidine rings is 1. The molecule has 0 bridgehead atoms. The molecule has 1 aromatic carbocycles. The lowest BCUT2D eigenvalue weighted by atomic mass is 10.1. The molecule has 0 unspecified atom stereocenters. The van der Waals surface area contributed by atoms with E-state index in [0.717, 1.165) is 42.9 Å². The van der Waals surface area contributed by atoms with Gasteiger partial charge in [-0.15, -0.1) is 0 Å². The minimum atomic E-state index is -3.13. The van der Waals surface area contributed by atoms with Crippen LogP contribution in [0.5, 0.6) is 16.7 Å². The second kappa shape index (κ2) is 9.25. The molecule has 1 aliphatic rings. The summed E-state index contributed by atoms with van der Waals surface area (Å²) in [5.74, 6) is 1.48. The molecule has 4 rings (SSSR count). The quantitative estimate of drug-likeness (QED) is 0.566. The van der Waals surface area contributed by atoms with Crippen molar-refractivity contribution in [1.82, 2.24) is 19.6 Å². The van der Waals surface area contributed by atoms with Crippen LogP contribution in [0, 0.1) is 0 Å². The zero-order chi connectivity index (χ0) is 21.0. The van der Waals surface area contributed by atoms with Crippen molar-refractivity contribution < 1.29 is 17.9 Å². The summed E-state index contributed by atoms with van der Waals surface area (Å²) in [7, 11) is -3.13. The standard InChI is InChI=1S/C20H24N4O4S2/c1-30(25,26)23-15-8-11-24(12-9-15)13-14-27-16-4-6-17(7-5-16)28-20-22-19-18(29-20)3-2-10-21-19/h2-7,10,15,23H,8-9,11-14H2,1H3. The summed E-state index contributed by atoms with van der Waals surface area (Å²) in [4.78, 5) is 10.9. The normalized spacial score (nSPS) is 16.0. The first kappa shape index (κ1) is 21.0. The third-order valence-corrected chi connectivity index (χ3v) is 6.47. The van der Waals surface area contributed by atoms with E-state index in [4.69, 9.17) is 9.47 Å². The molecule has 160 valence electrons. The van der Waals surface area contributed by atoms with Crippen molar-refractivity contribution in [2.75, 3.05) is 32.5 Å². The number of hydrogen-bond acceptors (Lipinski definition) is 8. The Morgan fingerprint density at radius 3 is 2.60 bits per heavy atom. The third-order valence-electron chi connectivity index (χ3n) is 4.82. The van der Waals surface area contributed by atoms with Gasteiger partial charge in [0, 0.05) is 18.8 Å². The molecule has 3 aromatic rings. The van der Waals surface area contributed by atoms with Crippen LogP contribution in [0.15, 0.2) is 42.6 Å². The lowest BCUT2D eigenvalue weighted by molar-refractivity contribution is 0.170. The number of thiazole rings is 1. The summed E-state index contributed by atoms with van der Waals surface area (Å²) in [6, 6.07) is 11.4. The second-order valence-corrected chi connectivity index (χ2v) is 10.0. The Morgan fingerprint density at radius 2 is 1.90 bits per heavy atom. The largest absolute Gasteiger partial charge is 0.492 e. The van der Waals surface area contributed by atoms with Crippen LogP contribution >= 0.6 is 11.3 Å². The molecule has 0 radical (unpaired) electrons. The fourth-order valence-corrected chi connectivity index (χ4v) is 5.00. The van der Waals surface area contributed by atoms with Gasteiger partial charge < -0.3 is 9.47 Å². The molecule has 30 heavy (non-hydrogen) atoms. The van der Waals surface area contributed by atoms with Crippen molar-refractivity contribution in [1.29, 1.82) is 0 Å². The van der Waals surface area contributed by atoms with Gasteiger partial charge in [0.2, 0.25) is 10.0 Å². The van der Waals surface area contributed by atoms with Crippen molar-refractivity contribution in [2.45, 2.75) is 18.9 Å². The summed E-state index contributed by atoms with van der Waals surface area (Å²) in [6.45, 7) is 3.11. The number of hydrogen-bond donors (Lipinski definition) is 1. The Kier molecular flexibility index (Phi) is 6.47. The van der Waals surface area contributed by atoms with Crippen LogP contribution in [0.2, 0.25) is 0 Å². The van der Waals surface area contributed by atoms with Crippen molar-refractivity contribution in [3.8, 4) is 16.7 Å². The molecule has 0 saturated carbocycles. The predicted octanol–water partition coefficient (Wildman–Crippen LogP) is 2.88. The highest BCUT2D eigenvalue weighted by Gasteiger charge is 2.21. The van der Waals surface area contributed by atoms with E-state index in [1.54, 1.807) is 6.20 Å². The number of aromatic nitrogens is 2. The van der Waals surface area contributed by atoms with Crippen LogP contribution in [-0.2, 0) is 10.0 Å². The van der Waals surface area contributed by atoms with E-state index in [1.165, 1.54) is 17.6 Å². The average molecular weight is 449 g/mol. The smallest absolute Gasteiger partial charge is 0.281 e. The molecule has 3 heterocycles. The van der Waals surface area contributed by atoms with Gasteiger partial charge in [-0.1, -0.05) is 11.3 Å². The Bertz CT molecular complexity index is 1040. The maximum atomic E-state index is 11.3. The van der Waals surface area contributed by atoms with E-state index in [1.807, 2.05) is 36.4 Å². The molecule has 8 nitrogen and oxygen atoms in total. The summed E-state index contributed by atoms with van der Waals surface area (Å²) in [5, 5.41) is 0.561. The first-order valence-electron chi connectivity index (χ1n) is 9.76. The SMILES string of the molecule is CS(=O)(=O)NC1CCN(CCOc2ccc(Oc3nc4ncccc4s3)cc2)CC1. The van der Waals surface area contributed by atoms with Gasteiger partial charge in [0.15, 0.2) is 5.65 Å². The lowest BCUT2D eigenvalue weighted by Crippen LogP contribution is -2.45. The van der Waals surface area contributed by atoms with Gasteiger partial charge in [0.25, 0.3) is 5.19 Å². The number of fused-ring (bicyclic) bond motifs is 1. The van der Waals surface area contributed by atoms with Gasteiger partial charge in [-0.05, 0) is 62.3 Å². The highest BCUT2D eigenvalue weighted by Crippen LogP contribution is 2.30. The minimum Gasteiger partial charge on any atom is -0.492 e. The lowest BCUT2D eigenvalue weighted by Gasteiger charge is -2.31. The van der Waals surface area contributed by atoms with Gasteiger partial charge in [-0.25, -0.2) is 18.1 Å². The van der Waals surface area contributed by atoms with Gasteiger partial charge >= 0.3 is 0 Å². The van der Waals surface area contributed by atoms with Crippen LogP contribution in [-0.4, -0.2) is 61.8 Å². The number of ether oxygens (including phenoxy) is 2. The molecular weight excluding hydrogens is 424 g/mol. The summed E-state index contributed by atoms with van der Waals surface area (Å²) in [6.07, 6.45) is 4.56. The van der Waals surface area contributed by atoms with Crippen LogP contribution in [0.25, 0.3) is 10.3 Å². The average Bonchev–Trinajstić information content (AvgIpc) is 3.12. The maximum Gasteiger partial charge on any atom is 0.281 e. The van der Waals surface area contributed by atoms with Gasteiger partial charge in [0.05, 0.1) is 11.0 Å². The van der Waals surface area contributed by atoms with Gasteiger partial charge in [-0.3, -0.25) is 4.90 Å². The molecule has 2 aromatic heterocycles. The topological polar surface area (TPSA) is 93.7 Å². The zero-order valence-corrected chi connectivity index (χ0v) is 18.3. The van der Waals surface area contributed by atoms with E-state index in [9.17, 15) is 8.42 Å². The van der Waals surface area contributed by atoms with E-state index in [2.05, 4.69) is 19.6 Å². The Balaban J connectivity index is 1.21. The number of sulfonamides is 1. The predicted molar refractivity (Wildman–Crippen MR) is 117 cm³/mol. The van der Waals surface area contributed by atoms with E-state index < -0.39 is 10.0 Å². The van der Waals surface area contributed by atoms with Gasteiger partial charge in [-0.2, -0.15) is 4.98 Å². The van der Waals surface area contributed by atoms with Crippen LogP contribution in [0.1, 0.15) is 12.8 Å². The molecule has 1 saturated heterocycles. The van der Waals surface area contributed by atoms with Crippen molar-refractivity contribution in [3.05, 3.63) is 42.6 Å². The van der Waals surface area contributed by atoms with Crippen molar-refractivity contribution >= 4 is 31.7 Å². The number of benzene rings is 1. The Morgan fingerprint density at radius 1 is 1.17 bits per heavy atom. The molecule has 0 atom stereocenters. The molecule has 0 amide bonds. The van der Waals surface area contributed by atoms with E-state index >= 15 is 0 Å². The van der Waals surface area contributed by atoms with E-state index in [-0.39, 0.29) is 6.04 Å². The molecule has 0 spiro atoms. The van der Waals surface area contributed by atoms with Crippen LogP contribution < -0.4 is 14.2 Å². The van der Waals surface area contributed by atoms with E-state index in [0.29, 0.717) is 23.2 Å². The highest BCUT2D eigenvalue weighted by atomic mass is 32.2. The third kappa shape index (κ3) is 5.88. The number of nitrogens with zero attached hydrogens (tertiary/aromatic N) is 3. The Labute approximate surface area is 179 Å². The number of nitrogens with one attached hydrogen (secondary N) is 1. The number of pyridine rings is 1. The highest BCUT2D eigenvalue weighted by molar-refractivity contribution is 7.88. The number of rotatable bonds is 8. The second-order valence-electron chi connectivity index (χ2n) is 7.23. The molecule has 1 aliphatic heterocycles. The first-order chi connectivity index (χ1) is 14.4. The molecule has 1 fully saturated rings. The van der Waals surface area contributed by atoms with Crippen molar-refractivity contribution in [2.24, 2.45) is 0 Å². The monoisotopic (exact) mass is 448 g/mol. The fraction of sp³-hybridized carbons (Fsp3) is 0.400. The molecule has 10 heteroatoms. The zero-order valence-electron chi connectivity index (χ0n) is 16.7. The molecule has 0 aliphatic carbocycles.